The summed E-state index contributed by atoms with van der Waals surface area (Å²) in [6.07, 6.45) is -0.215. The summed E-state index contributed by atoms with van der Waals surface area (Å²) in [5.41, 5.74) is 1.29. The van der Waals surface area contributed by atoms with Crippen LogP contribution >= 0.6 is 18.2 Å². The van der Waals surface area contributed by atoms with Gasteiger partial charge in [-0.2, -0.15) is 4.83 Å². The molecule has 0 fully saturated rings. The van der Waals surface area contributed by atoms with Crippen molar-refractivity contribution in [2.75, 3.05) is 4.83 Å². The Morgan fingerprint density at radius 3 is 2.41 bits per heavy atom. The van der Waals surface area contributed by atoms with Crippen LogP contribution in [0.25, 0.3) is 0 Å². The van der Waals surface area contributed by atoms with Gasteiger partial charge in [-0.15, -0.1) is 0 Å². The molecule has 2 N–H and O–H groups in total. The number of aryl methyl sites for hydroxylation is 1. The second-order valence-electron chi connectivity index (χ2n) is 3.87. The van der Waals surface area contributed by atoms with E-state index in [0.29, 0.717) is 10.7 Å². The van der Waals surface area contributed by atoms with Crippen molar-refractivity contribution in [1.29, 1.82) is 0 Å². The van der Waals surface area contributed by atoms with Crippen LogP contribution in [0.3, 0.4) is 0 Å². The molecule has 0 atom stereocenters. The van der Waals surface area contributed by atoms with E-state index >= 15 is 0 Å². The Morgan fingerprint density at radius 1 is 1.41 bits per heavy atom. The van der Waals surface area contributed by atoms with Gasteiger partial charge in [0.15, 0.2) is 0 Å². The third kappa shape index (κ3) is 4.21. The van der Waals surface area contributed by atoms with E-state index in [1.165, 1.54) is 0 Å². The fourth-order valence-electron chi connectivity index (χ4n) is 1.22. The molecule has 1 rings (SSSR count). The highest BCUT2D eigenvalue weighted by atomic mass is 35.5. The van der Waals surface area contributed by atoms with E-state index in [-0.39, 0.29) is 6.10 Å². The number of anilines is 1. The Morgan fingerprint density at radius 2 is 2.00 bits per heavy atom. The van der Waals surface area contributed by atoms with E-state index in [0.717, 1.165) is 10.4 Å². The minimum atomic E-state index is -3.69. The summed E-state index contributed by atoms with van der Waals surface area (Å²) in [5, 5.41) is 0.599. The van der Waals surface area contributed by atoms with Crippen LogP contribution in [0.2, 0.25) is 5.02 Å². The average molecular weight is 296 g/mol. The molecule has 7 heteroatoms. The molecule has 0 saturated carbocycles. The summed E-state index contributed by atoms with van der Waals surface area (Å²) in [4.78, 5) is 25.5. The zero-order valence-corrected chi connectivity index (χ0v) is 12.3. The monoisotopic (exact) mass is 295 g/mol. The van der Waals surface area contributed by atoms with E-state index in [1.54, 1.807) is 32.0 Å². The molecule has 0 radical (unpaired) electrons. The molecular formula is C10H15ClNO3PS. The molecule has 1 aromatic rings. The Labute approximate surface area is 111 Å². The lowest BCUT2D eigenvalue weighted by molar-refractivity contribution is 0.0838. The molecule has 4 nitrogen and oxygen atoms in total. The van der Waals surface area contributed by atoms with Gasteiger partial charge in [0.2, 0.25) is 0 Å². The van der Waals surface area contributed by atoms with Gasteiger partial charge < -0.3 is 9.79 Å². The van der Waals surface area contributed by atoms with E-state index in [1.807, 2.05) is 6.92 Å². The third-order valence-corrected chi connectivity index (χ3v) is 3.58. The first-order valence-electron chi connectivity index (χ1n) is 5.01. The molecule has 96 valence electrons. The zero-order chi connectivity index (χ0) is 13.2. The smallest absolute Gasteiger partial charge is 0.308 e. The quantitative estimate of drug-likeness (QED) is 0.660. The van der Waals surface area contributed by atoms with Crippen LogP contribution < -0.4 is 4.83 Å². The molecule has 0 saturated heterocycles. The van der Waals surface area contributed by atoms with Crippen LogP contribution in [0.15, 0.2) is 18.2 Å². The zero-order valence-electron chi connectivity index (χ0n) is 9.79. The summed E-state index contributed by atoms with van der Waals surface area (Å²) in [5.74, 6) is 0. The molecule has 1 aromatic carbocycles. The molecule has 0 heterocycles. The molecule has 0 bridgehead atoms. The maximum absolute atomic E-state index is 9.59. The first-order chi connectivity index (χ1) is 7.71. The van der Waals surface area contributed by atoms with Crippen LogP contribution in [0, 0.1) is 6.92 Å². The van der Waals surface area contributed by atoms with Crippen LogP contribution in [-0.2, 0) is 16.6 Å². The average Bonchev–Trinajstić information content (AvgIpc) is 2.17. The lowest BCUT2D eigenvalue weighted by atomic mass is 10.2. The minimum Gasteiger partial charge on any atom is -0.328 e. The normalized spacial score (nSPS) is 11.9. The predicted octanol–water partition coefficient (Wildman–Crippen LogP) is 3.00. The summed E-state index contributed by atoms with van der Waals surface area (Å²) in [6.45, 7) is 1.69. The van der Waals surface area contributed by atoms with Gasteiger partial charge in [0.25, 0.3) is 0 Å². The van der Waals surface area contributed by atoms with Gasteiger partial charge in [0.05, 0.1) is 11.8 Å². The summed E-state index contributed by atoms with van der Waals surface area (Å²) < 4.78 is 0. The number of benzene rings is 1. The third-order valence-electron chi connectivity index (χ3n) is 1.91. The summed E-state index contributed by atoms with van der Waals surface area (Å²) >= 11 is 10.6. The Balaban J connectivity index is 3.13. The molecule has 17 heavy (non-hydrogen) atoms. The molecular weight excluding hydrogens is 281 g/mol. The van der Waals surface area contributed by atoms with Crippen molar-refractivity contribution in [3.63, 3.8) is 0 Å². The van der Waals surface area contributed by atoms with Crippen molar-refractivity contribution >= 4 is 35.7 Å². The van der Waals surface area contributed by atoms with Crippen LogP contribution in [0.1, 0.15) is 19.4 Å². The largest absolute Gasteiger partial charge is 0.328 e. The van der Waals surface area contributed by atoms with E-state index < -0.39 is 6.64 Å². The van der Waals surface area contributed by atoms with Crippen molar-refractivity contribution in [2.45, 2.75) is 26.9 Å². The highest BCUT2D eigenvalue weighted by Crippen LogP contribution is 2.45. The van der Waals surface area contributed by atoms with Crippen molar-refractivity contribution < 1.29 is 14.6 Å². The maximum Gasteiger partial charge on any atom is 0.308 e. The van der Waals surface area contributed by atoms with Crippen molar-refractivity contribution in [2.24, 2.45) is 0 Å². The summed E-state index contributed by atoms with van der Waals surface area (Å²) in [6, 6.07) is 4.98. The van der Waals surface area contributed by atoms with Crippen LogP contribution in [-0.4, -0.2) is 15.9 Å². The minimum absolute atomic E-state index is 0.215. The van der Waals surface area contributed by atoms with Crippen LogP contribution in [0.4, 0.5) is 5.69 Å². The molecule has 0 aromatic heterocycles. The number of hydrogen-bond acceptors (Lipinski definition) is 2. The van der Waals surface area contributed by atoms with Gasteiger partial charge >= 0.3 is 6.64 Å². The number of hydrogen-bond donors (Lipinski definition) is 2. The van der Waals surface area contributed by atoms with Crippen LogP contribution in [0.5, 0.6) is 0 Å². The first-order valence-corrected chi connectivity index (χ1v) is 8.04. The van der Waals surface area contributed by atoms with Gasteiger partial charge in [-0.3, -0.25) is 4.84 Å². The highest BCUT2D eigenvalue weighted by Gasteiger charge is 2.24. The summed E-state index contributed by atoms with van der Waals surface area (Å²) in [7, 11) is 0. The Bertz CT molecular complexity index is 449. The van der Waals surface area contributed by atoms with Crippen molar-refractivity contribution in [3.8, 4) is 0 Å². The van der Waals surface area contributed by atoms with Crippen molar-refractivity contribution in [3.05, 3.63) is 28.8 Å². The second-order valence-corrected chi connectivity index (χ2v) is 7.14. The fraction of sp³-hybridized carbons (Fsp3) is 0.400. The van der Waals surface area contributed by atoms with Gasteiger partial charge in [-0.25, -0.2) is 0 Å². The standard InChI is InChI=1S/C10H15ClNO3PS/c1-7(2)15-12(16(13,14)17)9-4-5-10(11)8(3)6-9/h4-7H,1-3H3,(H2,13,14,17). The number of rotatable bonds is 4. The van der Waals surface area contributed by atoms with E-state index in [4.69, 9.17) is 16.4 Å². The molecule has 0 aliphatic carbocycles. The predicted molar refractivity (Wildman–Crippen MR) is 73.6 cm³/mol. The molecule has 0 aliphatic rings. The topological polar surface area (TPSA) is 52.9 Å². The second kappa shape index (κ2) is 5.65. The van der Waals surface area contributed by atoms with Gasteiger partial charge in [0, 0.05) is 5.02 Å². The SMILES string of the molecule is Cc1cc(N(OC(C)C)P(O)(O)=S)ccc1Cl. The maximum atomic E-state index is 9.59. The van der Waals surface area contributed by atoms with Gasteiger partial charge in [-0.1, -0.05) is 11.6 Å². The highest BCUT2D eigenvalue weighted by molar-refractivity contribution is 8.09. The fourth-order valence-corrected chi connectivity index (χ4v) is 2.47. The van der Waals surface area contributed by atoms with Crippen molar-refractivity contribution in [1.82, 2.24) is 0 Å². The Kier molecular flexibility index (Phi) is 4.95. The lowest BCUT2D eigenvalue weighted by Crippen LogP contribution is -2.24. The molecule has 0 amide bonds. The number of halogens is 1. The Hall–Kier alpha value is -0.160. The molecule has 0 spiro atoms. The molecule has 0 aliphatic heterocycles. The lowest BCUT2D eigenvalue weighted by Gasteiger charge is -2.29. The van der Waals surface area contributed by atoms with E-state index in [2.05, 4.69) is 11.8 Å². The van der Waals surface area contributed by atoms with E-state index in [9.17, 15) is 9.79 Å². The number of nitrogens with zero attached hydrogens (tertiary/aromatic N) is 1. The first kappa shape index (κ1) is 14.9. The van der Waals surface area contributed by atoms with Gasteiger partial charge in [0.1, 0.15) is 0 Å². The molecule has 0 unspecified atom stereocenters. The van der Waals surface area contributed by atoms with Gasteiger partial charge in [-0.05, 0) is 56.3 Å².